The minimum absolute atomic E-state index is 0.00972. The Bertz CT molecular complexity index is 1050. The molecule has 0 amide bonds. The zero-order valence-electron chi connectivity index (χ0n) is 14.2. The van der Waals surface area contributed by atoms with Gasteiger partial charge in [-0.25, -0.2) is 4.79 Å². The zero-order valence-corrected chi connectivity index (χ0v) is 14.2. The second-order valence-electron chi connectivity index (χ2n) is 6.89. The lowest BCUT2D eigenvalue weighted by Gasteiger charge is -2.32. The summed E-state index contributed by atoms with van der Waals surface area (Å²) >= 11 is 0. The zero-order chi connectivity index (χ0) is 18.0. The molecular formula is C20H17NO5. The summed E-state index contributed by atoms with van der Waals surface area (Å²) in [5, 5.41) is 9.32. The Morgan fingerprint density at radius 2 is 2.19 bits per heavy atom. The Morgan fingerprint density at radius 1 is 1.35 bits per heavy atom. The third kappa shape index (κ3) is 1.96. The van der Waals surface area contributed by atoms with Crippen LogP contribution in [-0.4, -0.2) is 35.5 Å². The fourth-order valence-electron chi connectivity index (χ4n) is 4.47. The molecule has 3 aliphatic rings. The van der Waals surface area contributed by atoms with Crippen molar-refractivity contribution in [3.8, 4) is 5.75 Å². The summed E-state index contributed by atoms with van der Waals surface area (Å²) in [6, 6.07) is 7.49. The lowest BCUT2D eigenvalue weighted by atomic mass is 9.89. The molecule has 2 atom stereocenters. The highest BCUT2D eigenvalue weighted by atomic mass is 16.5. The summed E-state index contributed by atoms with van der Waals surface area (Å²) in [6.45, 7) is 0.617. The smallest absolute Gasteiger partial charge is 0.341 e. The number of hydrogen-bond donors (Lipinski definition) is 1. The number of aromatic nitrogens is 1. The first-order chi connectivity index (χ1) is 12.6. The first kappa shape index (κ1) is 15.4. The number of fused-ring (bicyclic) bond motifs is 7. The van der Waals surface area contributed by atoms with E-state index >= 15 is 0 Å². The normalized spacial score (nSPS) is 22.5. The summed E-state index contributed by atoms with van der Waals surface area (Å²) in [7, 11) is 1.64. The summed E-state index contributed by atoms with van der Waals surface area (Å²) in [6.07, 6.45) is 2.85. The number of ether oxygens (including phenoxy) is 2. The van der Waals surface area contributed by atoms with E-state index in [0.29, 0.717) is 13.0 Å². The van der Waals surface area contributed by atoms with Crippen LogP contribution < -0.4 is 10.2 Å². The maximum absolute atomic E-state index is 12.3. The van der Waals surface area contributed by atoms with Crippen molar-refractivity contribution in [3.05, 3.63) is 63.1 Å². The van der Waals surface area contributed by atoms with E-state index in [4.69, 9.17) is 9.47 Å². The van der Waals surface area contributed by atoms with E-state index in [2.05, 4.69) is 6.07 Å². The number of hydrogen-bond acceptors (Lipinski definition) is 4. The van der Waals surface area contributed by atoms with Crippen molar-refractivity contribution in [2.24, 2.45) is 0 Å². The second kappa shape index (κ2) is 5.32. The molecule has 6 heteroatoms. The first-order valence-corrected chi connectivity index (χ1v) is 8.60. The summed E-state index contributed by atoms with van der Waals surface area (Å²) < 4.78 is 13.3. The van der Waals surface area contributed by atoms with Crippen LogP contribution in [-0.2, 0) is 11.2 Å². The van der Waals surface area contributed by atoms with Crippen LogP contribution in [0.15, 0.2) is 35.3 Å². The molecule has 0 unspecified atom stereocenters. The number of carboxylic acid groups (broad SMARTS) is 1. The molecule has 3 heterocycles. The van der Waals surface area contributed by atoms with Gasteiger partial charge < -0.3 is 19.1 Å². The van der Waals surface area contributed by atoms with Crippen LogP contribution in [0.4, 0.5) is 0 Å². The molecule has 2 aromatic rings. The second-order valence-corrected chi connectivity index (χ2v) is 6.89. The van der Waals surface area contributed by atoms with Crippen LogP contribution in [0, 0.1) is 0 Å². The molecule has 1 saturated heterocycles. The van der Waals surface area contributed by atoms with Gasteiger partial charge in [0, 0.05) is 31.0 Å². The van der Waals surface area contributed by atoms with Gasteiger partial charge in [0.15, 0.2) is 5.43 Å². The van der Waals surface area contributed by atoms with Gasteiger partial charge in [0.25, 0.3) is 0 Å². The van der Waals surface area contributed by atoms with E-state index in [1.807, 2.05) is 16.7 Å². The highest BCUT2D eigenvalue weighted by molar-refractivity contribution is 6.00. The van der Waals surface area contributed by atoms with Crippen LogP contribution in [0.2, 0.25) is 0 Å². The Hall–Kier alpha value is -2.86. The molecule has 2 aliphatic heterocycles. The van der Waals surface area contributed by atoms with Gasteiger partial charge in [-0.3, -0.25) is 4.79 Å². The standard InChI is InChI=1S/C20H17NO5/c1-25-11-2-3-12-10(6-11)7-13-16-8-17(22)14(20(23)24)9-21(16)15-4-5-26-19(15)18(12)13/h2-3,6,8-9,15,19H,4-5,7H2,1H3,(H,23,24)/t15-,19+/m1/s1. The quantitative estimate of drug-likeness (QED) is 0.899. The Morgan fingerprint density at radius 3 is 2.96 bits per heavy atom. The fourth-order valence-corrected chi connectivity index (χ4v) is 4.47. The number of rotatable bonds is 2. The predicted molar refractivity (Wildman–Crippen MR) is 94.6 cm³/mol. The number of benzene rings is 1. The van der Waals surface area contributed by atoms with Gasteiger partial charge in [-0.15, -0.1) is 0 Å². The summed E-state index contributed by atoms with van der Waals surface area (Å²) in [4.78, 5) is 23.7. The molecule has 132 valence electrons. The number of nitrogens with zero attached hydrogens (tertiary/aromatic N) is 1. The Kier molecular flexibility index (Phi) is 3.15. The van der Waals surface area contributed by atoms with E-state index in [1.54, 1.807) is 7.11 Å². The van der Waals surface area contributed by atoms with Crippen molar-refractivity contribution in [3.63, 3.8) is 0 Å². The van der Waals surface area contributed by atoms with Crippen molar-refractivity contribution in [2.75, 3.05) is 13.7 Å². The van der Waals surface area contributed by atoms with Gasteiger partial charge >= 0.3 is 5.97 Å². The van der Waals surface area contributed by atoms with Gasteiger partial charge in [0.1, 0.15) is 17.4 Å². The van der Waals surface area contributed by atoms with Crippen molar-refractivity contribution in [1.82, 2.24) is 4.57 Å². The van der Waals surface area contributed by atoms with Crippen LogP contribution in [0.1, 0.15) is 39.6 Å². The summed E-state index contributed by atoms with van der Waals surface area (Å²) in [5.41, 5.74) is 4.61. The van der Waals surface area contributed by atoms with Crippen LogP contribution in [0.3, 0.4) is 0 Å². The number of methoxy groups -OCH3 is 1. The molecule has 26 heavy (non-hydrogen) atoms. The first-order valence-electron chi connectivity index (χ1n) is 8.60. The highest BCUT2D eigenvalue weighted by Crippen LogP contribution is 2.50. The SMILES string of the molecule is COc1ccc2c(c1)CC1=C2[C@H]2OCC[C@H]2n2cc(C(=O)O)c(=O)cc21. The monoisotopic (exact) mass is 351 g/mol. The molecule has 1 aromatic carbocycles. The number of carbonyl (C=O) groups is 1. The predicted octanol–water partition coefficient (Wildman–Crippen LogP) is 2.37. The van der Waals surface area contributed by atoms with Gasteiger partial charge in [-0.05, 0) is 40.8 Å². The van der Waals surface area contributed by atoms with Crippen molar-refractivity contribution in [1.29, 1.82) is 0 Å². The molecule has 0 saturated carbocycles. The number of aromatic carboxylic acids is 1. The molecule has 1 fully saturated rings. The number of carboxylic acids is 1. The largest absolute Gasteiger partial charge is 0.497 e. The highest BCUT2D eigenvalue weighted by Gasteiger charge is 2.43. The Labute approximate surface area is 149 Å². The Balaban J connectivity index is 1.75. The number of allylic oxidation sites excluding steroid dienone is 1. The lowest BCUT2D eigenvalue weighted by Crippen LogP contribution is -2.31. The lowest BCUT2D eigenvalue weighted by molar-refractivity contribution is 0.0693. The summed E-state index contributed by atoms with van der Waals surface area (Å²) in [5.74, 6) is -0.397. The van der Waals surface area contributed by atoms with Crippen LogP contribution in [0.25, 0.3) is 11.1 Å². The van der Waals surface area contributed by atoms with Gasteiger partial charge in [-0.1, -0.05) is 6.07 Å². The van der Waals surface area contributed by atoms with Crippen molar-refractivity contribution in [2.45, 2.75) is 25.0 Å². The van der Waals surface area contributed by atoms with E-state index in [0.717, 1.165) is 40.1 Å². The maximum Gasteiger partial charge on any atom is 0.341 e. The molecule has 6 nitrogen and oxygen atoms in total. The third-order valence-electron chi connectivity index (χ3n) is 5.62. The molecule has 1 N–H and O–H groups in total. The van der Waals surface area contributed by atoms with Crippen molar-refractivity contribution < 1.29 is 19.4 Å². The van der Waals surface area contributed by atoms with Gasteiger partial charge in [0.05, 0.1) is 13.2 Å². The topological polar surface area (TPSA) is 77.8 Å². The molecular weight excluding hydrogens is 334 g/mol. The minimum Gasteiger partial charge on any atom is -0.497 e. The average molecular weight is 351 g/mol. The van der Waals surface area contributed by atoms with E-state index in [-0.39, 0.29) is 17.7 Å². The van der Waals surface area contributed by atoms with Gasteiger partial charge in [0.2, 0.25) is 0 Å². The molecule has 5 rings (SSSR count). The fraction of sp³-hybridized carbons (Fsp3) is 0.300. The van der Waals surface area contributed by atoms with E-state index in [1.165, 1.54) is 12.3 Å². The maximum atomic E-state index is 12.3. The van der Waals surface area contributed by atoms with Gasteiger partial charge in [-0.2, -0.15) is 0 Å². The third-order valence-corrected chi connectivity index (χ3v) is 5.62. The van der Waals surface area contributed by atoms with Crippen molar-refractivity contribution >= 4 is 17.1 Å². The molecule has 1 aromatic heterocycles. The van der Waals surface area contributed by atoms with Crippen LogP contribution >= 0.6 is 0 Å². The van der Waals surface area contributed by atoms with Crippen LogP contribution in [0.5, 0.6) is 5.75 Å². The molecule has 0 radical (unpaired) electrons. The molecule has 0 bridgehead atoms. The van der Waals surface area contributed by atoms with E-state index < -0.39 is 11.4 Å². The molecule has 1 aliphatic carbocycles. The van der Waals surface area contributed by atoms with E-state index in [9.17, 15) is 14.7 Å². The average Bonchev–Trinajstić information content (AvgIpc) is 3.24. The minimum atomic E-state index is -1.19. The molecule has 0 spiro atoms. The number of pyridine rings is 1.